The van der Waals surface area contributed by atoms with E-state index >= 15 is 0 Å². The molecule has 0 N–H and O–H groups in total. The third-order valence-corrected chi connectivity index (χ3v) is 1.33. The topological polar surface area (TPSA) is 0 Å². The first kappa shape index (κ1) is 63.2. The summed E-state index contributed by atoms with van der Waals surface area (Å²) in [6, 6.07) is 24.0. The number of hydrogen-bond donors (Lipinski definition) is 0. The molecule has 0 saturated heterocycles. The van der Waals surface area contributed by atoms with E-state index in [9.17, 15) is 0 Å². The standard InChI is InChI=1S/2C6H6.2C3H8.3C2H6.2CH3.3Y/c2*1-2-4-6-5-3-1;2*1-3-2;3*1-2;;;;;/h2*1-6H;2*3H2,1-2H3;3*1-2H3;2*1H3;;;/q;;;;;;;2*-1;;;. The molecule has 0 unspecified atom stereocenters. The number of benzene rings is 2. The van der Waals surface area contributed by atoms with Crippen LogP contribution in [0.5, 0.6) is 0 Å². The van der Waals surface area contributed by atoms with Crippen molar-refractivity contribution in [1.29, 1.82) is 0 Å². The van der Waals surface area contributed by atoms with Crippen LogP contribution in [0.25, 0.3) is 0 Å². The molecule has 3 heteroatoms. The summed E-state index contributed by atoms with van der Waals surface area (Å²) >= 11 is 0. The van der Waals surface area contributed by atoms with E-state index in [0.717, 1.165) is 0 Å². The molecule has 0 aromatic heterocycles. The van der Waals surface area contributed by atoms with E-state index in [1.807, 2.05) is 114 Å². The predicted molar refractivity (Wildman–Crippen MR) is 132 cm³/mol. The van der Waals surface area contributed by atoms with Gasteiger partial charge < -0.3 is 14.9 Å². The minimum absolute atomic E-state index is 0. The van der Waals surface area contributed by atoms with Crippen LogP contribution in [0.3, 0.4) is 0 Å². The molecule has 2 rings (SSSR count). The van der Waals surface area contributed by atoms with Gasteiger partial charge in [-0.3, -0.25) is 0 Å². The zero-order valence-electron chi connectivity index (χ0n) is 22.1. The maximum atomic E-state index is 2.12. The molecular formula is C26H52Y3-2. The first-order valence-corrected chi connectivity index (χ1v) is 9.83. The Morgan fingerprint density at radius 3 is 0.379 bits per heavy atom. The van der Waals surface area contributed by atoms with Crippen molar-refractivity contribution in [3.63, 3.8) is 0 Å². The van der Waals surface area contributed by atoms with Gasteiger partial charge >= 0.3 is 0 Å². The Morgan fingerprint density at radius 1 is 0.310 bits per heavy atom. The van der Waals surface area contributed by atoms with E-state index in [-0.39, 0.29) is 113 Å². The summed E-state index contributed by atoms with van der Waals surface area (Å²) in [4.78, 5) is 0. The molecule has 3 radical (unpaired) electrons. The summed E-state index contributed by atoms with van der Waals surface area (Å²) in [5.41, 5.74) is 0. The normalized spacial score (nSPS) is 5.17. The summed E-state index contributed by atoms with van der Waals surface area (Å²) in [6.07, 6.45) is 2.50. The fourth-order valence-electron chi connectivity index (χ4n) is 0.770. The van der Waals surface area contributed by atoms with Gasteiger partial charge in [-0.1, -0.05) is 155 Å². The molecule has 2 aromatic carbocycles. The molecule has 0 aliphatic heterocycles. The third kappa shape index (κ3) is 121. The molecular weight excluding hydrogens is 579 g/mol. The van der Waals surface area contributed by atoms with Crippen LogP contribution in [-0.2, 0) is 98.1 Å². The summed E-state index contributed by atoms with van der Waals surface area (Å²) in [6.45, 7) is 20.5. The van der Waals surface area contributed by atoms with E-state index in [1.54, 1.807) is 0 Å². The van der Waals surface area contributed by atoms with E-state index in [1.165, 1.54) is 12.8 Å². The molecule has 0 aliphatic carbocycles. The summed E-state index contributed by atoms with van der Waals surface area (Å²) in [7, 11) is 0. The Morgan fingerprint density at radius 2 is 0.345 bits per heavy atom. The van der Waals surface area contributed by atoms with Crippen LogP contribution in [-0.4, -0.2) is 0 Å². The quantitative estimate of drug-likeness (QED) is 0.254. The van der Waals surface area contributed by atoms with Gasteiger partial charge in [0.2, 0.25) is 0 Å². The summed E-state index contributed by atoms with van der Waals surface area (Å²) in [5.74, 6) is 0. The largest absolute Gasteiger partial charge is 0.358 e. The predicted octanol–water partition coefficient (Wildman–Crippen LogP) is 10.2. The molecule has 167 valence electrons. The summed E-state index contributed by atoms with van der Waals surface area (Å²) in [5, 5.41) is 0. The van der Waals surface area contributed by atoms with Gasteiger partial charge in [-0.25, -0.2) is 0 Å². The second-order valence-corrected chi connectivity index (χ2v) is 3.72. The molecule has 0 nitrogen and oxygen atoms in total. The van der Waals surface area contributed by atoms with Gasteiger partial charge in [0.1, 0.15) is 0 Å². The second-order valence-electron chi connectivity index (χ2n) is 3.72. The molecule has 0 bridgehead atoms. The average Bonchev–Trinajstić information content (AvgIpc) is 2.71. The monoisotopic (exact) mass is 631 g/mol. The van der Waals surface area contributed by atoms with Gasteiger partial charge in [0.05, 0.1) is 0 Å². The second kappa shape index (κ2) is 99.1. The van der Waals surface area contributed by atoms with Crippen LogP contribution < -0.4 is 0 Å². The molecule has 0 fully saturated rings. The van der Waals surface area contributed by atoms with Gasteiger partial charge in [0, 0.05) is 98.1 Å². The van der Waals surface area contributed by atoms with Gasteiger partial charge in [-0.05, 0) is 0 Å². The van der Waals surface area contributed by atoms with Crippen molar-refractivity contribution in [3.05, 3.63) is 87.6 Å². The number of rotatable bonds is 0. The molecule has 2 aromatic rings. The molecule has 29 heavy (non-hydrogen) atoms. The van der Waals surface area contributed by atoms with E-state index in [2.05, 4.69) is 27.7 Å². The molecule has 0 aliphatic rings. The van der Waals surface area contributed by atoms with Gasteiger partial charge in [0.15, 0.2) is 0 Å². The third-order valence-electron chi connectivity index (χ3n) is 1.33. The van der Waals surface area contributed by atoms with Crippen LogP contribution >= 0.6 is 0 Å². The van der Waals surface area contributed by atoms with Crippen molar-refractivity contribution in [3.8, 4) is 0 Å². The van der Waals surface area contributed by atoms with E-state index in [0.29, 0.717) is 0 Å². The molecule has 0 saturated carbocycles. The Hall–Kier alpha value is 1.75. The smallest absolute Gasteiger partial charge is 0 e. The Kier molecular flexibility index (Phi) is 216. The van der Waals surface area contributed by atoms with Crippen molar-refractivity contribution < 1.29 is 98.1 Å². The Balaban J connectivity index is -0.0000000187. The SMILES string of the molecule is CC.CC.CC.CCC.CCC.[CH3-].[CH3-].[Y].[Y].[Y].c1ccccc1.c1ccccc1. The first-order chi connectivity index (χ1) is 11.8. The summed E-state index contributed by atoms with van der Waals surface area (Å²) < 4.78 is 0. The Labute approximate surface area is 264 Å². The maximum Gasteiger partial charge on any atom is 0 e. The van der Waals surface area contributed by atoms with Crippen LogP contribution in [0, 0.1) is 14.9 Å². The van der Waals surface area contributed by atoms with Crippen LogP contribution in [0.15, 0.2) is 72.8 Å². The molecule has 0 spiro atoms. The zero-order valence-corrected chi connectivity index (χ0v) is 30.6. The maximum absolute atomic E-state index is 2.12. The van der Waals surface area contributed by atoms with Crippen molar-refractivity contribution in [2.45, 2.75) is 82.1 Å². The van der Waals surface area contributed by atoms with Crippen molar-refractivity contribution in [2.24, 2.45) is 0 Å². The minimum atomic E-state index is 0. The zero-order chi connectivity index (χ0) is 19.9. The average molecular weight is 631 g/mol. The van der Waals surface area contributed by atoms with E-state index < -0.39 is 0 Å². The fourth-order valence-corrected chi connectivity index (χ4v) is 0.770. The van der Waals surface area contributed by atoms with Gasteiger partial charge in [0.25, 0.3) is 0 Å². The van der Waals surface area contributed by atoms with Crippen LogP contribution in [0.2, 0.25) is 0 Å². The molecule has 0 amide bonds. The molecule has 0 atom stereocenters. The van der Waals surface area contributed by atoms with Crippen molar-refractivity contribution >= 4 is 0 Å². The van der Waals surface area contributed by atoms with Gasteiger partial charge in [-0.2, -0.15) is 0 Å². The molecule has 0 heterocycles. The number of hydrogen-bond acceptors (Lipinski definition) is 0. The van der Waals surface area contributed by atoms with Crippen LogP contribution in [0.4, 0.5) is 0 Å². The van der Waals surface area contributed by atoms with Gasteiger partial charge in [-0.15, -0.1) is 0 Å². The van der Waals surface area contributed by atoms with Crippen molar-refractivity contribution in [2.75, 3.05) is 0 Å². The Bertz CT molecular complexity index is 213. The minimum Gasteiger partial charge on any atom is -0.358 e. The van der Waals surface area contributed by atoms with E-state index in [4.69, 9.17) is 0 Å². The fraction of sp³-hybridized carbons (Fsp3) is 0.462. The van der Waals surface area contributed by atoms with Crippen LogP contribution in [0.1, 0.15) is 82.1 Å². The first-order valence-electron chi connectivity index (χ1n) is 9.83. The van der Waals surface area contributed by atoms with Crippen molar-refractivity contribution in [1.82, 2.24) is 0 Å².